The molecule has 0 saturated carbocycles. The van der Waals surface area contributed by atoms with E-state index < -0.39 is 0 Å². The third-order valence-corrected chi connectivity index (χ3v) is 3.50. The second kappa shape index (κ2) is 6.68. The standard InChI is InChI=1S/C15H23N3O/c1-3-17-8-9-18-14-5-4-12(6-7-16-2)10-13(14)11-15(18)19/h4-5,10,16-17H,3,6-9,11H2,1-2H3. The van der Waals surface area contributed by atoms with E-state index in [-0.39, 0.29) is 5.91 Å². The van der Waals surface area contributed by atoms with Crippen molar-refractivity contribution in [2.75, 3.05) is 38.1 Å². The zero-order valence-corrected chi connectivity index (χ0v) is 11.8. The van der Waals surface area contributed by atoms with Crippen molar-refractivity contribution < 1.29 is 4.79 Å². The minimum absolute atomic E-state index is 0.221. The highest BCUT2D eigenvalue weighted by Crippen LogP contribution is 2.29. The zero-order valence-electron chi connectivity index (χ0n) is 11.8. The van der Waals surface area contributed by atoms with Crippen molar-refractivity contribution >= 4 is 11.6 Å². The van der Waals surface area contributed by atoms with Crippen LogP contribution in [0.2, 0.25) is 0 Å². The number of likely N-dealkylation sites (N-methyl/N-ethyl adjacent to an activating group) is 2. The average molecular weight is 261 g/mol. The van der Waals surface area contributed by atoms with Crippen molar-refractivity contribution in [2.45, 2.75) is 19.8 Å². The summed E-state index contributed by atoms with van der Waals surface area (Å²) < 4.78 is 0. The number of rotatable bonds is 7. The Labute approximate surface area is 115 Å². The number of carbonyl (C=O) groups is 1. The molecule has 4 heteroatoms. The van der Waals surface area contributed by atoms with Crippen molar-refractivity contribution in [2.24, 2.45) is 0 Å². The lowest BCUT2D eigenvalue weighted by Crippen LogP contribution is -2.34. The van der Waals surface area contributed by atoms with E-state index in [1.54, 1.807) is 0 Å². The first-order chi connectivity index (χ1) is 9.26. The molecule has 2 N–H and O–H groups in total. The summed E-state index contributed by atoms with van der Waals surface area (Å²) in [6.07, 6.45) is 1.56. The Morgan fingerprint density at radius 2 is 2.16 bits per heavy atom. The molecule has 1 aromatic carbocycles. The van der Waals surface area contributed by atoms with Gasteiger partial charge in [-0.1, -0.05) is 19.1 Å². The normalized spacial score (nSPS) is 14.0. The van der Waals surface area contributed by atoms with Crippen molar-refractivity contribution in [1.82, 2.24) is 10.6 Å². The van der Waals surface area contributed by atoms with Gasteiger partial charge in [-0.05, 0) is 43.8 Å². The van der Waals surface area contributed by atoms with Crippen LogP contribution in [0.15, 0.2) is 18.2 Å². The van der Waals surface area contributed by atoms with Crippen molar-refractivity contribution in [3.8, 4) is 0 Å². The Kier molecular flexibility index (Phi) is 4.93. The first-order valence-electron chi connectivity index (χ1n) is 7.03. The molecule has 0 aromatic heterocycles. The van der Waals surface area contributed by atoms with E-state index in [2.05, 4.69) is 35.8 Å². The Hall–Kier alpha value is -1.39. The van der Waals surface area contributed by atoms with Gasteiger partial charge in [0.2, 0.25) is 5.91 Å². The van der Waals surface area contributed by atoms with Crippen LogP contribution in [0.4, 0.5) is 5.69 Å². The minimum Gasteiger partial charge on any atom is -0.319 e. The number of fused-ring (bicyclic) bond motifs is 1. The lowest BCUT2D eigenvalue weighted by molar-refractivity contribution is -0.117. The third kappa shape index (κ3) is 3.33. The second-order valence-electron chi connectivity index (χ2n) is 4.89. The van der Waals surface area contributed by atoms with E-state index >= 15 is 0 Å². The summed E-state index contributed by atoms with van der Waals surface area (Å²) in [6, 6.07) is 6.41. The second-order valence-corrected chi connectivity index (χ2v) is 4.89. The SMILES string of the molecule is CCNCCN1C(=O)Cc2cc(CCNC)ccc21. The van der Waals surface area contributed by atoms with Crippen molar-refractivity contribution in [1.29, 1.82) is 0 Å². The fourth-order valence-electron chi connectivity index (χ4n) is 2.47. The molecule has 1 heterocycles. The highest BCUT2D eigenvalue weighted by atomic mass is 16.2. The molecule has 1 aliphatic heterocycles. The maximum atomic E-state index is 12.0. The molecule has 104 valence electrons. The minimum atomic E-state index is 0.221. The number of anilines is 1. The summed E-state index contributed by atoms with van der Waals surface area (Å²) in [7, 11) is 1.96. The molecular weight excluding hydrogens is 238 g/mol. The van der Waals surface area contributed by atoms with Crippen LogP contribution >= 0.6 is 0 Å². The van der Waals surface area contributed by atoms with Gasteiger partial charge in [0.25, 0.3) is 0 Å². The highest BCUT2D eigenvalue weighted by Gasteiger charge is 2.26. The van der Waals surface area contributed by atoms with E-state index in [1.807, 2.05) is 11.9 Å². The van der Waals surface area contributed by atoms with Crippen LogP contribution in [0, 0.1) is 0 Å². The Bertz CT molecular complexity index is 445. The maximum absolute atomic E-state index is 12.0. The predicted octanol–water partition coefficient (Wildman–Crippen LogP) is 0.947. The molecule has 1 aromatic rings. The van der Waals surface area contributed by atoms with Crippen LogP contribution in [-0.4, -0.2) is 39.1 Å². The molecule has 0 saturated heterocycles. The summed E-state index contributed by atoms with van der Waals surface area (Å²) in [5, 5.41) is 6.41. The van der Waals surface area contributed by atoms with Crippen molar-refractivity contribution in [3.05, 3.63) is 29.3 Å². The molecule has 0 fully saturated rings. The van der Waals surface area contributed by atoms with Gasteiger partial charge >= 0.3 is 0 Å². The lowest BCUT2D eigenvalue weighted by atomic mass is 10.1. The average Bonchev–Trinajstić information content (AvgIpc) is 2.72. The first kappa shape index (κ1) is 14.0. The molecule has 4 nitrogen and oxygen atoms in total. The number of carbonyl (C=O) groups excluding carboxylic acids is 1. The number of nitrogens with one attached hydrogen (secondary N) is 2. The smallest absolute Gasteiger partial charge is 0.231 e. The molecular formula is C15H23N3O. The Morgan fingerprint density at radius 3 is 2.89 bits per heavy atom. The molecule has 19 heavy (non-hydrogen) atoms. The Balaban J connectivity index is 2.06. The highest BCUT2D eigenvalue weighted by molar-refractivity contribution is 6.01. The monoisotopic (exact) mass is 261 g/mol. The fourth-order valence-corrected chi connectivity index (χ4v) is 2.47. The molecule has 0 aliphatic carbocycles. The molecule has 0 spiro atoms. The molecule has 1 aliphatic rings. The van der Waals surface area contributed by atoms with E-state index in [9.17, 15) is 4.79 Å². The van der Waals surface area contributed by atoms with Crippen LogP contribution in [0.1, 0.15) is 18.1 Å². The molecule has 0 radical (unpaired) electrons. The fraction of sp³-hybridized carbons (Fsp3) is 0.533. The van der Waals surface area contributed by atoms with Gasteiger partial charge in [0.05, 0.1) is 6.42 Å². The van der Waals surface area contributed by atoms with Gasteiger partial charge in [-0.15, -0.1) is 0 Å². The first-order valence-corrected chi connectivity index (χ1v) is 7.03. The third-order valence-electron chi connectivity index (χ3n) is 3.50. The predicted molar refractivity (Wildman–Crippen MR) is 78.7 cm³/mol. The number of hydrogen-bond acceptors (Lipinski definition) is 3. The summed E-state index contributed by atoms with van der Waals surface area (Å²) in [5.74, 6) is 0.221. The van der Waals surface area contributed by atoms with Crippen LogP contribution in [0.3, 0.4) is 0 Å². The van der Waals surface area contributed by atoms with Gasteiger partial charge < -0.3 is 15.5 Å². The van der Waals surface area contributed by atoms with Crippen LogP contribution < -0.4 is 15.5 Å². The number of amides is 1. The van der Waals surface area contributed by atoms with Gasteiger partial charge in [0.1, 0.15) is 0 Å². The van der Waals surface area contributed by atoms with Crippen LogP contribution in [-0.2, 0) is 17.6 Å². The maximum Gasteiger partial charge on any atom is 0.231 e. The number of nitrogens with zero attached hydrogens (tertiary/aromatic N) is 1. The molecule has 0 bridgehead atoms. The van der Waals surface area contributed by atoms with Gasteiger partial charge in [-0.25, -0.2) is 0 Å². The summed E-state index contributed by atoms with van der Waals surface area (Å²) in [6.45, 7) is 5.60. The molecule has 0 unspecified atom stereocenters. The molecule has 2 rings (SSSR count). The van der Waals surface area contributed by atoms with Gasteiger partial charge in [-0.2, -0.15) is 0 Å². The zero-order chi connectivity index (χ0) is 13.7. The van der Waals surface area contributed by atoms with E-state index in [4.69, 9.17) is 0 Å². The summed E-state index contributed by atoms with van der Waals surface area (Å²) >= 11 is 0. The van der Waals surface area contributed by atoms with Crippen LogP contribution in [0.5, 0.6) is 0 Å². The summed E-state index contributed by atoms with van der Waals surface area (Å²) in [5.41, 5.74) is 3.57. The van der Waals surface area contributed by atoms with Crippen molar-refractivity contribution in [3.63, 3.8) is 0 Å². The van der Waals surface area contributed by atoms with Gasteiger partial charge in [-0.3, -0.25) is 4.79 Å². The van der Waals surface area contributed by atoms with Crippen LogP contribution in [0.25, 0.3) is 0 Å². The Morgan fingerprint density at radius 1 is 1.32 bits per heavy atom. The van der Waals surface area contributed by atoms with Gasteiger partial charge in [0, 0.05) is 18.8 Å². The number of benzene rings is 1. The molecule has 1 amide bonds. The van der Waals surface area contributed by atoms with E-state index in [1.165, 1.54) is 11.1 Å². The quantitative estimate of drug-likeness (QED) is 0.718. The van der Waals surface area contributed by atoms with E-state index in [0.29, 0.717) is 6.42 Å². The topological polar surface area (TPSA) is 44.4 Å². The largest absolute Gasteiger partial charge is 0.319 e. The number of hydrogen-bond donors (Lipinski definition) is 2. The molecule has 0 atom stereocenters. The van der Waals surface area contributed by atoms with E-state index in [0.717, 1.165) is 38.3 Å². The lowest BCUT2D eigenvalue weighted by Gasteiger charge is -2.17. The van der Waals surface area contributed by atoms with Gasteiger partial charge in [0.15, 0.2) is 0 Å². The summed E-state index contributed by atoms with van der Waals surface area (Å²) in [4.78, 5) is 13.9.